The summed E-state index contributed by atoms with van der Waals surface area (Å²) in [5.41, 5.74) is -0.151. The number of aldehydes is 1. The summed E-state index contributed by atoms with van der Waals surface area (Å²) < 4.78 is 13.0. The third-order valence-electron chi connectivity index (χ3n) is 2.55. The van der Waals surface area contributed by atoms with Crippen LogP contribution >= 0.6 is 0 Å². The Hall–Kier alpha value is -1.77. The molecule has 0 amide bonds. The Morgan fingerprint density at radius 3 is 2.87 bits per heavy atom. The highest BCUT2D eigenvalue weighted by atomic mass is 19.1. The van der Waals surface area contributed by atoms with Gasteiger partial charge in [-0.05, 0) is 18.1 Å². The molecule has 0 aromatic carbocycles. The van der Waals surface area contributed by atoms with Crippen LogP contribution in [0.3, 0.4) is 0 Å². The van der Waals surface area contributed by atoms with Gasteiger partial charge in [-0.1, -0.05) is 24.3 Å². The highest BCUT2D eigenvalue weighted by Gasteiger charge is 2.29. The van der Waals surface area contributed by atoms with E-state index in [4.69, 9.17) is 0 Å². The maximum Gasteiger partial charge on any atom is 0.141 e. The molecule has 0 radical (unpaired) electrons. The van der Waals surface area contributed by atoms with Crippen LogP contribution in [0, 0.1) is 5.82 Å². The Bertz CT molecular complexity index is 439. The fourth-order valence-corrected chi connectivity index (χ4v) is 1.67. The number of allylic oxidation sites excluding steroid dienone is 4. The summed E-state index contributed by atoms with van der Waals surface area (Å²) in [7, 11) is 0. The van der Waals surface area contributed by atoms with E-state index in [9.17, 15) is 9.18 Å². The third kappa shape index (κ3) is 1.73. The molecule has 1 unspecified atom stereocenters. The van der Waals surface area contributed by atoms with Gasteiger partial charge in [-0.3, -0.25) is 4.98 Å². The number of nitrogens with zero attached hydrogens (tertiary/aromatic N) is 1. The fourth-order valence-electron chi connectivity index (χ4n) is 1.67. The van der Waals surface area contributed by atoms with Gasteiger partial charge in [0.2, 0.25) is 0 Å². The van der Waals surface area contributed by atoms with Crippen molar-refractivity contribution in [2.75, 3.05) is 0 Å². The maximum atomic E-state index is 13.0. The van der Waals surface area contributed by atoms with Crippen LogP contribution < -0.4 is 0 Å². The van der Waals surface area contributed by atoms with E-state index >= 15 is 0 Å². The normalized spacial score (nSPS) is 24.1. The predicted molar refractivity (Wildman–Crippen MR) is 54.8 cm³/mol. The van der Waals surface area contributed by atoms with Crippen LogP contribution in [0.1, 0.15) is 12.0 Å². The van der Waals surface area contributed by atoms with Crippen molar-refractivity contribution in [3.63, 3.8) is 0 Å². The van der Waals surface area contributed by atoms with E-state index in [-0.39, 0.29) is 0 Å². The van der Waals surface area contributed by atoms with Gasteiger partial charge in [0.15, 0.2) is 0 Å². The van der Waals surface area contributed by atoms with Gasteiger partial charge in [0.05, 0.1) is 11.6 Å². The Balaban J connectivity index is 2.47. The molecule has 0 fully saturated rings. The third-order valence-corrected chi connectivity index (χ3v) is 2.55. The molecule has 1 aliphatic carbocycles. The van der Waals surface area contributed by atoms with E-state index in [0.717, 1.165) is 12.5 Å². The van der Waals surface area contributed by atoms with Crippen molar-refractivity contribution in [2.24, 2.45) is 0 Å². The summed E-state index contributed by atoms with van der Waals surface area (Å²) in [6, 6.07) is 1.35. The molecule has 15 heavy (non-hydrogen) atoms. The van der Waals surface area contributed by atoms with Gasteiger partial charge in [0.25, 0.3) is 0 Å². The lowest BCUT2D eigenvalue weighted by molar-refractivity contribution is -0.111. The number of aromatic nitrogens is 1. The monoisotopic (exact) mass is 203 g/mol. The van der Waals surface area contributed by atoms with E-state index in [2.05, 4.69) is 4.98 Å². The number of rotatable bonds is 2. The first-order valence-corrected chi connectivity index (χ1v) is 4.68. The first kappa shape index (κ1) is 9.77. The number of halogens is 1. The predicted octanol–water partition coefficient (Wildman–Crippen LogP) is 2.17. The summed E-state index contributed by atoms with van der Waals surface area (Å²) >= 11 is 0. The summed E-state index contributed by atoms with van der Waals surface area (Å²) in [6.45, 7) is 0. The number of carbonyl (C=O) groups is 1. The zero-order valence-corrected chi connectivity index (χ0v) is 8.06. The highest BCUT2D eigenvalue weighted by Crippen LogP contribution is 2.30. The molecule has 76 valence electrons. The van der Waals surface area contributed by atoms with Crippen molar-refractivity contribution >= 4 is 6.29 Å². The van der Waals surface area contributed by atoms with Crippen LogP contribution in [0.4, 0.5) is 4.39 Å². The molecular formula is C12H10FNO. The largest absolute Gasteiger partial charge is 0.302 e. The number of hydrogen-bond acceptors (Lipinski definition) is 2. The SMILES string of the molecule is O=CC1(c2cncc(F)c2)C=CC=CC1. The first-order chi connectivity index (χ1) is 7.27. The minimum Gasteiger partial charge on any atom is -0.302 e. The van der Waals surface area contributed by atoms with E-state index in [1.165, 1.54) is 12.3 Å². The van der Waals surface area contributed by atoms with E-state index in [0.29, 0.717) is 12.0 Å². The second kappa shape index (κ2) is 3.77. The molecule has 1 heterocycles. The van der Waals surface area contributed by atoms with Gasteiger partial charge in [0.1, 0.15) is 12.1 Å². The van der Waals surface area contributed by atoms with Crippen LogP contribution in [0.25, 0.3) is 0 Å². The molecular weight excluding hydrogens is 193 g/mol. The Kier molecular flexibility index (Phi) is 2.46. The Morgan fingerprint density at radius 2 is 2.27 bits per heavy atom. The summed E-state index contributed by atoms with van der Waals surface area (Å²) in [4.78, 5) is 14.9. The van der Waals surface area contributed by atoms with Crippen molar-refractivity contribution in [3.05, 3.63) is 54.1 Å². The van der Waals surface area contributed by atoms with E-state index < -0.39 is 11.2 Å². The van der Waals surface area contributed by atoms with Gasteiger partial charge >= 0.3 is 0 Å². The average Bonchev–Trinajstić information content (AvgIpc) is 2.30. The Morgan fingerprint density at radius 1 is 1.40 bits per heavy atom. The maximum absolute atomic E-state index is 13.0. The molecule has 2 nitrogen and oxygen atoms in total. The van der Waals surface area contributed by atoms with Crippen molar-refractivity contribution < 1.29 is 9.18 Å². The molecule has 3 heteroatoms. The molecule has 0 spiro atoms. The minimum absolute atomic E-state index is 0.420. The van der Waals surface area contributed by atoms with Crippen LogP contribution in [-0.4, -0.2) is 11.3 Å². The first-order valence-electron chi connectivity index (χ1n) is 4.68. The molecule has 0 bridgehead atoms. The van der Waals surface area contributed by atoms with Crippen molar-refractivity contribution in [2.45, 2.75) is 11.8 Å². The van der Waals surface area contributed by atoms with Crippen molar-refractivity contribution in [1.82, 2.24) is 4.98 Å². The molecule has 2 rings (SSSR count). The molecule has 1 aliphatic rings. The zero-order valence-electron chi connectivity index (χ0n) is 8.06. The quantitative estimate of drug-likeness (QED) is 0.689. The summed E-state index contributed by atoms with van der Waals surface area (Å²) in [5, 5.41) is 0. The standard InChI is InChI=1S/C12H10FNO/c13-11-6-10(7-14-8-11)12(9-15)4-2-1-3-5-12/h1-4,6-9H,5H2. The van der Waals surface area contributed by atoms with Gasteiger partial charge in [-0.15, -0.1) is 0 Å². The van der Waals surface area contributed by atoms with Gasteiger partial charge in [-0.25, -0.2) is 4.39 Å². The number of pyridine rings is 1. The topological polar surface area (TPSA) is 30.0 Å². The number of hydrogen-bond donors (Lipinski definition) is 0. The number of carbonyl (C=O) groups excluding carboxylic acids is 1. The molecule has 1 atom stereocenters. The van der Waals surface area contributed by atoms with E-state index in [1.54, 1.807) is 12.2 Å². The lowest BCUT2D eigenvalue weighted by Crippen LogP contribution is -2.26. The molecule has 0 saturated heterocycles. The fraction of sp³-hybridized carbons (Fsp3) is 0.167. The van der Waals surface area contributed by atoms with Crippen LogP contribution in [-0.2, 0) is 10.2 Å². The summed E-state index contributed by atoms with van der Waals surface area (Å²) in [5.74, 6) is -0.420. The molecule has 0 aliphatic heterocycles. The van der Waals surface area contributed by atoms with Gasteiger partial charge in [0, 0.05) is 6.20 Å². The zero-order chi connectivity index (χ0) is 10.7. The van der Waals surface area contributed by atoms with Crippen LogP contribution in [0.2, 0.25) is 0 Å². The highest BCUT2D eigenvalue weighted by molar-refractivity contribution is 5.73. The Labute approximate surface area is 87.1 Å². The van der Waals surface area contributed by atoms with Crippen molar-refractivity contribution in [1.29, 1.82) is 0 Å². The van der Waals surface area contributed by atoms with Crippen LogP contribution in [0.5, 0.6) is 0 Å². The van der Waals surface area contributed by atoms with Gasteiger partial charge in [-0.2, -0.15) is 0 Å². The lowest BCUT2D eigenvalue weighted by atomic mass is 9.77. The molecule has 1 aromatic rings. The summed E-state index contributed by atoms with van der Waals surface area (Å²) in [6.07, 6.45) is 11.4. The average molecular weight is 203 g/mol. The van der Waals surface area contributed by atoms with Crippen molar-refractivity contribution in [3.8, 4) is 0 Å². The minimum atomic E-state index is -0.746. The molecule has 0 saturated carbocycles. The van der Waals surface area contributed by atoms with Crippen LogP contribution in [0.15, 0.2) is 42.8 Å². The van der Waals surface area contributed by atoms with Gasteiger partial charge < -0.3 is 4.79 Å². The smallest absolute Gasteiger partial charge is 0.141 e. The lowest BCUT2D eigenvalue weighted by Gasteiger charge is -2.24. The molecule has 0 N–H and O–H groups in total. The molecule has 1 aromatic heterocycles. The second-order valence-corrected chi connectivity index (χ2v) is 3.54. The van der Waals surface area contributed by atoms with E-state index in [1.807, 2.05) is 12.2 Å². The second-order valence-electron chi connectivity index (χ2n) is 3.54.